The third-order valence-corrected chi connectivity index (χ3v) is 13.2. The van der Waals surface area contributed by atoms with Crippen molar-refractivity contribution in [2.75, 3.05) is 6.54 Å². The van der Waals surface area contributed by atoms with E-state index in [1.165, 1.54) is 69.4 Å². The molecule has 0 aromatic heterocycles. The van der Waals surface area contributed by atoms with Crippen LogP contribution in [0.3, 0.4) is 0 Å². The zero-order valence-electron chi connectivity index (χ0n) is 31.7. The first-order valence-corrected chi connectivity index (χ1v) is 20.2. The Hall–Kier alpha value is -3.19. The molecule has 2 aromatic carbocycles. The molecule has 8 atom stereocenters. The Kier molecular flexibility index (Phi) is 13.8. The summed E-state index contributed by atoms with van der Waals surface area (Å²) in [6.07, 6.45) is 18.0. The van der Waals surface area contributed by atoms with E-state index < -0.39 is 6.04 Å². The molecule has 0 spiro atoms. The van der Waals surface area contributed by atoms with Crippen LogP contribution in [0.2, 0.25) is 0 Å². The monoisotopic (exact) mass is 700 g/mol. The van der Waals surface area contributed by atoms with Gasteiger partial charge in [0.25, 0.3) is 5.91 Å². The van der Waals surface area contributed by atoms with E-state index in [4.69, 9.17) is 0 Å². The number of ketones is 1. The topological polar surface area (TPSA) is 116 Å². The van der Waals surface area contributed by atoms with E-state index in [1.54, 1.807) is 24.3 Å². The molecule has 3 aliphatic carbocycles. The molecule has 2 aromatic rings. The molecular formula is C44H64N2O5. The second-order valence-corrected chi connectivity index (χ2v) is 16.5. The highest BCUT2D eigenvalue weighted by atomic mass is 16.3. The van der Waals surface area contributed by atoms with Crippen molar-refractivity contribution in [2.24, 2.45) is 29.1 Å². The highest BCUT2D eigenvalue weighted by Crippen LogP contribution is 2.62. The number of aromatic hydroxyl groups is 1. The Balaban J connectivity index is 0.962. The Morgan fingerprint density at radius 3 is 2.20 bits per heavy atom. The summed E-state index contributed by atoms with van der Waals surface area (Å²) < 4.78 is 0. The number of Topliss-reactive ketones (excluding diaryl/α,β-unsaturated/α-hetero) is 1. The number of phenolic OH excluding ortho intramolecular Hbond substituents is 1. The maximum atomic E-state index is 13.0. The number of aliphatic hydroxyl groups excluding tert-OH is 1. The van der Waals surface area contributed by atoms with Gasteiger partial charge < -0.3 is 20.8 Å². The predicted octanol–water partition coefficient (Wildman–Crippen LogP) is 8.90. The van der Waals surface area contributed by atoms with Crippen molar-refractivity contribution >= 4 is 17.6 Å². The van der Waals surface area contributed by atoms with E-state index in [-0.39, 0.29) is 35.0 Å². The quantitative estimate of drug-likeness (QED) is 0.0916. The standard InChI is InChI=1S/C44H64N2O5/c1-5-29(2)41(46-42(50)32-18-16-31(17-19-32)30(3)47)43(51)45-26-14-12-10-8-6-7-9-11-13-15-33-27-34-28-35(48)20-21-36(34)37-24-25-44(4)38(40(33)37)22-23-39(44)49/h16-21,28-29,33,37-41,48-49H,5-15,22-27H2,1-4H3,(H,45,51)(H,46,50)/t29?,33-,37-,38+,39+,40-,41+,44+/m1/s1. The van der Waals surface area contributed by atoms with Crippen LogP contribution in [0.5, 0.6) is 5.75 Å². The lowest BCUT2D eigenvalue weighted by Crippen LogP contribution is -2.50. The molecule has 2 saturated carbocycles. The first kappa shape index (κ1) is 39.0. The number of fused-ring (bicyclic) bond motifs is 5. The number of unbranched alkanes of at least 4 members (excludes halogenated alkanes) is 8. The second-order valence-electron chi connectivity index (χ2n) is 16.5. The van der Waals surface area contributed by atoms with Gasteiger partial charge in [-0.15, -0.1) is 0 Å². The lowest BCUT2D eigenvalue weighted by Gasteiger charge is -2.53. The van der Waals surface area contributed by atoms with Crippen LogP contribution in [0.4, 0.5) is 0 Å². The van der Waals surface area contributed by atoms with Crippen LogP contribution in [0, 0.1) is 29.1 Å². The molecule has 51 heavy (non-hydrogen) atoms. The van der Waals surface area contributed by atoms with Gasteiger partial charge in [0.2, 0.25) is 5.91 Å². The summed E-state index contributed by atoms with van der Waals surface area (Å²) in [5, 5.41) is 27.2. The number of aliphatic hydroxyl groups is 1. The molecule has 7 heteroatoms. The summed E-state index contributed by atoms with van der Waals surface area (Å²) in [6, 6.07) is 12.0. The number of phenols is 1. The summed E-state index contributed by atoms with van der Waals surface area (Å²) in [5.74, 6) is 2.37. The Bertz CT molecular complexity index is 1470. The zero-order chi connectivity index (χ0) is 36.5. The fourth-order valence-corrected chi connectivity index (χ4v) is 9.90. The van der Waals surface area contributed by atoms with Gasteiger partial charge in [-0.05, 0) is 122 Å². The third-order valence-electron chi connectivity index (χ3n) is 13.2. The van der Waals surface area contributed by atoms with Crippen molar-refractivity contribution in [1.29, 1.82) is 0 Å². The molecule has 0 aliphatic heterocycles. The summed E-state index contributed by atoms with van der Waals surface area (Å²) >= 11 is 0. The van der Waals surface area contributed by atoms with Crippen molar-refractivity contribution in [2.45, 2.75) is 148 Å². The molecule has 0 heterocycles. The van der Waals surface area contributed by atoms with Gasteiger partial charge >= 0.3 is 0 Å². The van der Waals surface area contributed by atoms with Gasteiger partial charge in [0.1, 0.15) is 11.8 Å². The van der Waals surface area contributed by atoms with E-state index in [2.05, 4.69) is 23.6 Å². The molecule has 0 bridgehead atoms. The molecule has 4 N–H and O–H groups in total. The van der Waals surface area contributed by atoms with Gasteiger partial charge in [0.15, 0.2) is 5.78 Å². The fourth-order valence-electron chi connectivity index (χ4n) is 9.90. The van der Waals surface area contributed by atoms with Gasteiger partial charge in [-0.25, -0.2) is 0 Å². The Morgan fingerprint density at radius 1 is 0.882 bits per heavy atom. The molecule has 280 valence electrons. The summed E-state index contributed by atoms with van der Waals surface area (Å²) in [6.45, 7) is 8.46. The molecule has 1 unspecified atom stereocenters. The van der Waals surface area contributed by atoms with Gasteiger partial charge in [-0.3, -0.25) is 14.4 Å². The number of hydrogen-bond donors (Lipinski definition) is 4. The van der Waals surface area contributed by atoms with E-state index >= 15 is 0 Å². The fraction of sp³-hybridized carbons (Fsp3) is 0.659. The van der Waals surface area contributed by atoms with Gasteiger partial charge in [-0.2, -0.15) is 0 Å². The minimum atomic E-state index is -0.600. The SMILES string of the molecule is CCC(C)[C@H](NC(=O)c1ccc(C(C)=O)cc1)C(=O)NCCCCCCCCCCC[C@@H]1Cc2cc(O)ccc2[C@H]2CC[C@]3(C)[C@@H](O)CC[C@H]3[C@H]12. The normalized spacial score (nSPS) is 26.3. The van der Waals surface area contributed by atoms with Crippen molar-refractivity contribution in [1.82, 2.24) is 10.6 Å². The Labute approximate surface area is 306 Å². The second kappa shape index (κ2) is 18.0. The highest BCUT2D eigenvalue weighted by molar-refractivity contribution is 5.99. The van der Waals surface area contributed by atoms with Gasteiger partial charge in [-0.1, -0.05) is 96.8 Å². The van der Waals surface area contributed by atoms with Crippen LogP contribution >= 0.6 is 0 Å². The van der Waals surface area contributed by atoms with Crippen LogP contribution in [-0.4, -0.2) is 46.5 Å². The zero-order valence-corrected chi connectivity index (χ0v) is 31.7. The molecule has 7 nitrogen and oxygen atoms in total. The lowest BCUT2D eigenvalue weighted by atomic mass is 9.52. The average molecular weight is 701 g/mol. The minimum absolute atomic E-state index is 0.000556. The molecular weight excluding hydrogens is 636 g/mol. The Morgan fingerprint density at radius 2 is 1.53 bits per heavy atom. The number of nitrogens with one attached hydrogen (secondary N) is 2. The number of hydrogen-bond acceptors (Lipinski definition) is 5. The average Bonchev–Trinajstić information content (AvgIpc) is 3.43. The summed E-state index contributed by atoms with van der Waals surface area (Å²) in [4.78, 5) is 37.5. The molecule has 3 aliphatic rings. The summed E-state index contributed by atoms with van der Waals surface area (Å²) in [5.41, 5.74) is 3.89. The van der Waals surface area contributed by atoms with Crippen LogP contribution in [-0.2, 0) is 11.2 Å². The maximum absolute atomic E-state index is 13.0. The van der Waals surface area contributed by atoms with E-state index in [1.807, 2.05) is 26.0 Å². The first-order valence-electron chi connectivity index (χ1n) is 20.2. The predicted molar refractivity (Wildman–Crippen MR) is 204 cm³/mol. The first-order chi connectivity index (χ1) is 24.5. The van der Waals surface area contributed by atoms with Crippen molar-refractivity contribution < 1.29 is 24.6 Å². The van der Waals surface area contributed by atoms with Crippen LogP contribution < -0.4 is 10.6 Å². The summed E-state index contributed by atoms with van der Waals surface area (Å²) in [7, 11) is 0. The van der Waals surface area contributed by atoms with Gasteiger partial charge in [0, 0.05) is 17.7 Å². The molecule has 2 fully saturated rings. The molecule has 0 saturated heterocycles. The van der Waals surface area contributed by atoms with E-state index in [0.29, 0.717) is 47.1 Å². The lowest BCUT2D eigenvalue weighted by molar-refractivity contribution is -0.124. The maximum Gasteiger partial charge on any atom is 0.251 e. The van der Waals surface area contributed by atoms with Crippen LogP contribution in [0.25, 0.3) is 0 Å². The van der Waals surface area contributed by atoms with Crippen molar-refractivity contribution in [3.63, 3.8) is 0 Å². The minimum Gasteiger partial charge on any atom is -0.508 e. The number of rotatable bonds is 18. The number of carbonyl (C=O) groups excluding carboxylic acids is 3. The molecule has 0 radical (unpaired) electrons. The smallest absolute Gasteiger partial charge is 0.251 e. The van der Waals surface area contributed by atoms with Crippen LogP contribution in [0.1, 0.15) is 162 Å². The highest BCUT2D eigenvalue weighted by Gasteiger charge is 2.56. The van der Waals surface area contributed by atoms with E-state index in [9.17, 15) is 24.6 Å². The van der Waals surface area contributed by atoms with Crippen molar-refractivity contribution in [3.05, 3.63) is 64.7 Å². The molecule has 5 rings (SSSR count). The van der Waals surface area contributed by atoms with E-state index in [0.717, 1.165) is 51.4 Å². The largest absolute Gasteiger partial charge is 0.508 e. The third kappa shape index (κ3) is 9.43. The number of carbonyl (C=O) groups is 3. The van der Waals surface area contributed by atoms with Crippen molar-refractivity contribution in [3.8, 4) is 5.75 Å². The number of benzene rings is 2. The molecule has 2 amide bonds. The van der Waals surface area contributed by atoms with Crippen LogP contribution in [0.15, 0.2) is 42.5 Å². The van der Waals surface area contributed by atoms with Gasteiger partial charge in [0.05, 0.1) is 6.10 Å². The number of amides is 2.